The summed E-state index contributed by atoms with van der Waals surface area (Å²) in [5.74, 6) is 0. The molecule has 7 nitrogen and oxygen atoms in total. The van der Waals surface area contributed by atoms with Crippen LogP contribution in [0.3, 0.4) is 0 Å². The van der Waals surface area contributed by atoms with Crippen LogP contribution in [-0.4, -0.2) is 37.6 Å². The third-order valence-electron chi connectivity index (χ3n) is 4.46. The van der Waals surface area contributed by atoms with E-state index in [-0.39, 0.29) is 0 Å². The quantitative estimate of drug-likeness (QED) is 0.747. The van der Waals surface area contributed by atoms with E-state index >= 15 is 0 Å². The van der Waals surface area contributed by atoms with E-state index in [9.17, 15) is 0 Å². The number of fused-ring (bicyclic) bond motifs is 1. The van der Waals surface area contributed by atoms with E-state index in [0.717, 1.165) is 28.0 Å². The minimum Gasteiger partial charge on any atom is -0.404 e. The van der Waals surface area contributed by atoms with Gasteiger partial charge in [0.1, 0.15) is 0 Å². The lowest BCUT2D eigenvalue weighted by atomic mass is 9.93. The fourth-order valence-corrected chi connectivity index (χ4v) is 2.92. The second-order valence-corrected chi connectivity index (χ2v) is 5.94. The van der Waals surface area contributed by atoms with Crippen LogP contribution in [0.2, 0.25) is 0 Å². The first-order valence-corrected chi connectivity index (χ1v) is 8.03. The summed E-state index contributed by atoms with van der Waals surface area (Å²) in [5, 5.41) is 8.87. The van der Waals surface area contributed by atoms with Gasteiger partial charge in [0.05, 0.1) is 41.5 Å². The molecule has 7 heteroatoms. The van der Waals surface area contributed by atoms with Gasteiger partial charge >= 0.3 is 0 Å². The molecule has 0 bridgehead atoms. The lowest BCUT2D eigenvalue weighted by Crippen LogP contribution is -2.16. The number of rotatable bonds is 4. The first-order valence-electron chi connectivity index (χ1n) is 8.03. The van der Waals surface area contributed by atoms with Crippen molar-refractivity contribution in [2.45, 2.75) is 25.3 Å². The van der Waals surface area contributed by atoms with Crippen molar-refractivity contribution in [3.8, 4) is 11.3 Å². The molecule has 4 rings (SSSR count). The van der Waals surface area contributed by atoms with Crippen molar-refractivity contribution in [3.05, 3.63) is 42.7 Å². The summed E-state index contributed by atoms with van der Waals surface area (Å²) in [4.78, 5) is 8.84. The Morgan fingerprint density at radius 1 is 1.33 bits per heavy atom. The Balaban J connectivity index is 1.84. The number of hydrogen-bond acceptors (Lipinski definition) is 5. The molecule has 0 spiro atoms. The van der Waals surface area contributed by atoms with Crippen molar-refractivity contribution < 1.29 is 0 Å². The number of nitrogens with zero attached hydrogens (tertiary/aromatic N) is 6. The summed E-state index contributed by atoms with van der Waals surface area (Å²) in [7, 11) is 1.71. The van der Waals surface area contributed by atoms with Gasteiger partial charge in [-0.15, -0.1) is 0 Å². The highest BCUT2D eigenvalue weighted by molar-refractivity contribution is 6.09. The Kier molecular flexibility index (Phi) is 3.60. The van der Waals surface area contributed by atoms with Crippen molar-refractivity contribution in [1.82, 2.24) is 24.4 Å². The maximum atomic E-state index is 5.73. The Hall–Kier alpha value is -2.96. The standard InChI is InChI=1S/C17H19N7/c1-19-8-12(7-18)15-11-24-16(5-6-20-24)17(22-15)13-9-21-23(10-13)14-3-2-4-14/h5-11,14H,2-4,18H2,1H3. The Labute approximate surface area is 139 Å². The molecular weight excluding hydrogens is 302 g/mol. The van der Waals surface area contributed by atoms with Gasteiger partial charge in [0, 0.05) is 36.8 Å². The molecule has 1 aliphatic rings. The Morgan fingerprint density at radius 3 is 2.92 bits per heavy atom. The second-order valence-electron chi connectivity index (χ2n) is 5.94. The third-order valence-corrected chi connectivity index (χ3v) is 4.46. The topological polar surface area (TPSA) is 86.4 Å². The molecule has 24 heavy (non-hydrogen) atoms. The minimum atomic E-state index is 0.523. The molecule has 1 aliphatic carbocycles. The van der Waals surface area contributed by atoms with E-state index in [2.05, 4.69) is 21.4 Å². The second kappa shape index (κ2) is 5.92. The number of aliphatic imine (C=N–C) groups is 1. The van der Waals surface area contributed by atoms with Gasteiger partial charge in [-0.2, -0.15) is 10.2 Å². The van der Waals surface area contributed by atoms with Crippen LogP contribution in [0.15, 0.2) is 42.0 Å². The minimum absolute atomic E-state index is 0.523. The normalized spacial score (nSPS) is 16.1. The van der Waals surface area contributed by atoms with Crippen LogP contribution in [-0.2, 0) is 0 Å². The number of allylic oxidation sites excluding steroid dienone is 1. The average molecular weight is 321 g/mol. The summed E-state index contributed by atoms with van der Waals surface area (Å²) < 4.78 is 3.86. The van der Waals surface area contributed by atoms with Crippen LogP contribution in [0.1, 0.15) is 31.0 Å². The lowest BCUT2D eigenvalue weighted by molar-refractivity contribution is 0.289. The third kappa shape index (κ3) is 2.38. The number of aromatic nitrogens is 5. The van der Waals surface area contributed by atoms with Gasteiger partial charge < -0.3 is 5.73 Å². The summed E-state index contributed by atoms with van der Waals surface area (Å²) in [6, 6.07) is 2.47. The zero-order chi connectivity index (χ0) is 16.5. The van der Waals surface area contributed by atoms with E-state index < -0.39 is 0 Å². The molecule has 3 aromatic rings. The highest BCUT2D eigenvalue weighted by atomic mass is 15.3. The van der Waals surface area contributed by atoms with Crippen LogP contribution < -0.4 is 5.73 Å². The summed E-state index contributed by atoms with van der Waals surface area (Å²) >= 11 is 0. The van der Waals surface area contributed by atoms with Gasteiger partial charge in [-0.25, -0.2) is 9.50 Å². The molecule has 0 amide bonds. The fraction of sp³-hybridized carbons (Fsp3) is 0.294. The molecule has 0 radical (unpaired) electrons. The van der Waals surface area contributed by atoms with Gasteiger partial charge in [-0.3, -0.25) is 9.67 Å². The molecular formula is C17H19N7. The van der Waals surface area contributed by atoms with Crippen LogP contribution >= 0.6 is 0 Å². The van der Waals surface area contributed by atoms with E-state index in [4.69, 9.17) is 10.7 Å². The average Bonchev–Trinajstić information content (AvgIpc) is 3.19. The van der Waals surface area contributed by atoms with Gasteiger partial charge in [0.2, 0.25) is 0 Å². The van der Waals surface area contributed by atoms with E-state index in [0.29, 0.717) is 6.04 Å². The van der Waals surface area contributed by atoms with Gasteiger partial charge in [-0.1, -0.05) is 0 Å². The molecule has 3 aromatic heterocycles. The fourth-order valence-electron chi connectivity index (χ4n) is 2.92. The largest absolute Gasteiger partial charge is 0.404 e. The summed E-state index contributed by atoms with van der Waals surface area (Å²) in [5.41, 5.74) is 9.98. The van der Waals surface area contributed by atoms with Gasteiger partial charge in [0.25, 0.3) is 0 Å². The van der Waals surface area contributed by atoms with Crippen LogP contribution in [0.5, 0.6) is 0 Å². The first-order chi connectivity index (χ1) is 11.8. The lowest BCUT2D eigenvalue weighted by Gasteiger charge is -2.25. The maximum Gasteiger partial charge on any atom is 0.0999 e. The molecule has 2 N–H and O–H groups in total. The van der Waals surface area contributed by atoms with Crippen LogP contribution in [0.25, 0.3) is 22.3 Å². The molecule has 0 aromatic carbocycles. The van der Waals surface area contributed by atoms with E-state index in [1.807, 2.05) is 27.7 Å². The summed E-state index contributed by atoms with van der Waals surface area (Å²) in [6.07, 6.45) is 14.4. The number of nitrogens with two attached hydrogens (primary N) is 1. The van der Waals surface area contributed by atoms with E-state index in [1.165, 1.54) is 25.5 Å². The molecule has 0 aliphatic heterocycles. The SMILES string of the molecule is CN=CC(=CN)c1cn2nccc2c(-c2cnn(C3CCC3)c2)n1. The molecule has 0 unspecified atom stereocenters. The first kappa shape index (κ1) is 14.6. The monoisotopic (exact) mass is 321 g/mol. The highest BCUT2D eigenvalue weighted by Gasteiger charge is 2.21. The van der Waals surface area contributed by atoms with Crippen molar-refractivity contribution in [3.63, 3.8) is 0 Å². The van der Waals surface area contributed by atoms with Crippen molar-refractivity contribution in [2.24, 2.45) is 10.7 Å². The Morgan fingerprint density at radius 2 is 2.21 bits per heavy atom. The number of hydrogen-bond donors (Lipinski definition) is 1. The highest BCUT2D eigenvalue weighted by Crippen LogP contribution is 2.32. The maximum absolute atomic E-state index is 5.73. The van der Waals surface area contributed by atoms with Crippen LogP contribution in [0, 0.1) is 0 Å². The zero-order valence-corrected chi connectivity index (χ0v) is 13.5. The predicted molar refractivity (Wildman–Crippen MR) is 93.7 cm³/mol. The van der Waals surface area contributed by atoms with Gasteiger partial charge in [0.15, 0.2) is 0 Å². The van der Waals surface area contributed by atoms with Crippen molar-refractivity contribution in [2.75, 3.05) is 7.05 Å². The van der Waals surface area contributed by atoms with Crippen molar-refractivity contribution >= 4 is 17.3 Å². The van der Waals surface area contributed by atoms with Crippen LogP contribution in [0.4, 0.5) is 0 Å². The zero-order valence-electron chi connectivity index (χ0n) is 13.5. The molecule has 3 heterocycles. The molecule has 1 fully saturated rings. The molecule has 122 valence electrons. The molecule has 0 saturated heterocycles. The summed E-state index contributed by atoms with van der Waals surface area (Å²) in [6.45, 7) is 0. The Bertz CT molecular complexity index is 927. The smallest absolute Gasteiger partial charge is 0.0999 e. The predicted octanol–water partition coefficient (Wildman–Crippen LogP) is 2.32. The van der Waals surface area contributed by atoms with E-state index in [1.54, 1.807) is 19.5 Å². The molecule has 0 atom stereocenters. The van der Waals surface area contributed by atoms with Gasteiger partial charge in [-0.05, 0) is 25.3 Å². The van der Waals surface area contributed by atoms with Crippen molar-refractivity contribution in [1.29, 1.82) is 0 Å². The molecule has 1 saturated carbocycles.